The quantitative estimate of drug-likeness (QED) is 0.213. The molecule has 1 saturated heterocycles. The van der Waals surface area contributed by atoms with Crippen LogP contribution in [0.25, 0.3) is 0 Å². The number of unbranched alkanes of at least 4 members (excludes halogenated alkanes) is 3. The molecule has 4 aliphatic rings. The van der Waals surface area contributed by atoms with E-state index in [1.165, 1.54) is 75.8 Å². The molecule has 0 amide bonds. The van der Waals surface area contributed by atoms with Gasteiger partial charge >= 0.3 is 5.97 Å². The van der Waals surface area contributed by atoms with Crippen molar-refractivity contribution in [1.29, 1.82) is 0 Å². The molecule has 4 fully saturated rings. The first-order valence-corrected chi connectivity index (χ1v) is 13.3. The lowest BCUT2D eigenvalue weighted by Gasteiger charge is -2.54. The Morgan fingerprint density at radius 1 is 0.970 bits per heavy atom. The summed E-state index contributed by atoms with van der Waals surface area (Å²) in [5, 5.41) is 0. The van der Waals surface area contributed by atoms with Crippen LogP contribution < -0.4 is 0 Å². The fourth-order valence-electron chi connectivity index (χ4n) is 6.26. The number of fused-ring (bicyclic) bond motifs is 3. The van der Waals surface area contributed by atoms with Gasteiger partial charge in [-0.3, -0.25) is 0 Å². The lowest BCUT2D eigenvalue weighted by Crippen LogP contribution is -2.44. The molecule has 33 heavy (non-hydrogen) atoms. The van der Waals surface area contributed by atoms with E-state index < -0.39 is 6.29 Å². The number of rotatable bonds is 10. The Bertz CT molecular complexity index is 764. The molecule has 1 aromatic carbocycles. The molecular formula is C29H42O4. The van der Waals surface area contributed by atoms with E-state index >= 15 is 0 Å². The number of ether oxygens (including phenoxy) is 3. The second-order valence-electron chi connectivity index (χ2n) is 10.6. The molecule has 1 aromatic rings. The van der Waals surface area contributed by atoms with Crippen molar-refractivity contribution in [2.75, 3.05) is 13.2 Å². The summed E-state index contributed by atoms with van der Waals surface area (Å²) in [5.41, 5.74) is 3.68. The number of esters is 1. The van der Waals surface area contributed by atoms with Crippen LogP contribution >= 0.6 is 0 Å². The molecule has 2 bridgehead atoms. The maximum absolute atomic E-state index is 12.0. The van der Waals surface area contributed by atoms with Crippen LogP contribution in [0.5, 0.6) is 0 Å². The maximum atomic E-state index is 12.0. The summed E-state index contributed by atoms with van der Waals surface area (Å²) in [6.07, 6.45) is 18.0. The minimum Gasteiger partial charge on any atom is -0.430 e. The highest BCUT2D eigenvalue weighted by atomic mass is 16.7. The lowest BCUT2D eigenvalue weighted by molar-refractivity contribution is -0.230. The average molecular weight is 455 g/mol. The van der Waals surface area contributed by atoms with Crippen molar-refractivity contribution >= 4 is 5.97 Å². The van der Waals surface area contributed by atoms with Crippen molar-refractivity contribution in [2.24, 2.45) is 5.41 Å². The van der Waals surface area contributed by atoms with Gasteiger partial charge in [-0.15, -0.1) is 0 Å². The Morgan fingerprint density at radius 3 is 2.30 bits per heavy atom. The maximum Gasteiger partial charge on any atom is 0.332 e. The van der Waals surface area contributed by atoms with Crippen molar-refractivity contribution < 1.29 is 19.0 Å². The molecule has 3 aliphatic carbocycles. The molecule has 1 heterocycles. The fourth-order valence-corrected chi connectivity index (χ4v) is 6.26. The second kappa shape index (κ2) is 11.2. The Morgan fingerprint density at radius 2 is 1.70 bits per heavy atom. The summed E-state index contributed by atoms with van der Waals surface area (Å²) in [4.78, 5) is 12.0. The van der Waals surface area contributed by atoms with Gasteiger partial charge in [0.1, 0.15) is 12.7 Å². The first kappa shape index (κ1) is 24.5. The predicted octanol–water partition coefficient (Wildman–Crippen LogP) is 7.17. The van der Waals surface area contributed by atoms with E-state index in [0.29, 0.717) is 17.4 Å². The molecule has 3 saturated carbocycles. The zero-order valence-corrected chi connectivity index (χ0v) is 20.7. The third-order valence-corrected chi connectivity index (χ3v) is 8.42. The average Bonchev–Trinajstić information content (AvgIpc) is 2.86. The van der Waals surface area contributed by atoms with Crippen LogP contribution in [-0.2, 0) is 24.4 Å². The van der Waals surface area contributed by atoms with Crippen molar-refractivity contribution in [3.8, 4) is 0 Å². The summed E-state index contributed by atoms with van der Waals surface area (Å²) in [5.74, 6) is -0.356. The normalized spacial score (nSPS) is 31.7. The number of carbonyl (C=O) groups is 1. The zero-order valence-electron chi connectivity index (χ0n) is 20.7. The first-order valence-electron chi connectivity index (χ1n) is 13.3. The molecule has 0 aromatic heterocycles. The van der Waals surface area contributed by atoms with Crippen molar-refractivity contribution in [2.45, 2.75) is 109 Å². The largest absolute Gasteiger partial charge is 0.430 e. The van der Waals surface area contributed by atoms with Gasteiger partial charge in [0.05, 0.1) is 6.61 Å². The van der Waals surface area contributed by atoms with Crippen molar-refractivity contribution in [3.63, 3.8) is 0 Å². The Hall–Kier alpha value is -1.65. The van der Waals surface area contributed by atoms with Crippen LogP contribution in [0.2, 0.25) is 0 Å². The van der Waals surface area contributed by atoms with Gasteiger partial charge in [-0.05, 0) is 79.7 Å². The van der Waals surface area contributed by atoms with Gasteiger partial charge in [0, 0.05) is 6.08 Å². The fraction of sp³-hybridized carbons (Fsp3) is 0.690. The van der Waals surface area contributed by atoms with E-state index in [-0.39, 0.29) is 18.7 Å². The number of benzene rings is 1. The highest BCUT2D eigenvalue weighted by molar-refractivity contribution is 5.81. The highest BCUT2D eigenvalue weighted by Crippen LogP contribution is 2.59. The van der Waals surface area contributed by atoms with Crippen molar-refractivity contribution in [3.05, 3.63) is 47.5 Å². The molecule has 2 atom stereocenters. The third-order valence-electron chi connectivity index (χ3n) is 8.42. The second-order valence-corrected chi connectivity index (χ2v) is 10.6. The Kier molecular flexibility index (Phi) is 8.29. The van der Waals surface area contributed by atoms with E-state index in [9.17, 15) is 4.79 Å². The van der Waals surface area contributed by atoms with E-state index in [0.717, 1.165) is 18.4 Å². The standard InChI is InChI=1S/C29H42O4/c1-3-5-6-7-8-9-26(30)33-27-22-31-25(21-32-27)23-10-12-24(13-11-23)29-18-15-28(14-4-2,16-19-29)17-20-29/h8-13,25,27H,3-7,14-22H2,1-2H3/b9-8+/t25-,27-,28?,29?/m1/s1. The third kappa shape index (κ3) is 5.89. The molecule has 0 unspecified atom stereocenters. The highest BCUT2D eigenvalue weighted by Gasteiger charge is 2.48. The van der Waals surface area contributed by atoms with Crippen LogP contribution in [0.3, 0.4) is 0 Å². The van der Waals surface area contributed by atoms with E-state index in [4.69, 9.17) is 14.2 Å². The number of carbonyl (C=O) groups excluding carboxylic acids is 1. The molecule has 4 heteroatoms. The minimum atomic E-state index is -0.625. The summed E-state index contributed by atoms with van der Waals surface area (Å²) in [6, 6.07) is 9.08. The predicted molar refractivity (Wildman–Crippen MR) is 131 cm³/mol. The minimum absolute atomic E-state index is 0.106. The van der Waals surface area contributed by atoms with Gasteiger partial charge in [-0.2, -0.15) is 0 Å². The van der Waals surface area contributed by atoms with Crippen LogP contribution in [0.15, 0.2) is 36.4 Å². The van der Waals surface area contributed by atoms with Gasteiger partial charge in [0.25, 0.3) is 0 Å². The molecule has 0 N–H and O–H groups in total. The van der Waals surface area contributed by atoms with Gasteiger partial charge in [0.15, 0.2) is 0 Å². The summed E-state index contributed by atoms with van der Waals surface area (Å²) in [7, 11) is 0. The molecule has 1 aliphatic heterocycles. The van der Waals surface area contributed by atoms with Crippen molar-refractivity contribution in [1.82, 2.24) is 0 Å². The monoisotopic (exact) mass is 454 g/mol. The topological polar surface area (TPSA) is 44.8 Å². The molecule has 0 spiro atoms. The lowest BCUT2D eigenvalue weighted by atomic mass is 9.51. The Labute approximate surface area is 200 Å². The van der Waals surface area contributed by atoms with E-state index in [1.807, 2.05) is 6.08 Å². The SMILES string of the molecule is CCCCC/C=C/C(=O)O[C@@H]1CO[C@@H](c2ccc(C34CCC(CCC)(CC3)CC4)cc2)CO1. The van der Waals surface area contributed by atoms with E-state index in [2.05, 4.69) is 38.1 Å². The zero-order chi connectivity index (χ0) is 23.2. The number of hydrogen-bond acceptors (Lipinski definition) is 4. The molecule has 4 nitrogen and oxygen atoms in total. The first-order chi connectivity index (χ1) is 16.1. The van der Waals surface area contributed by atoms with Gasteiger partial charge < -0.3 is 14.2 Å². The van der Waals surface area contributed by atoms with Crippen LogP contribution in [0, 0.1) is 5.41 Å². The number of allylic oxidation sites excluding steroid dienone is 1. The molecular weight excluding hydrogens is 412 g/mol. The molecule has 0 radical (unpaired) electrons. The van der Waals surface area contributed by atoms with Gasteiger partial charge in [-0.25, -0.2) is 4.79 Å². The molecule has 182 valence electrons. The summed E-state index contributed by atoms with van der Waals surface area (Å²) < 4.78 is 17.1. The number of hydrogen-bond donors (Lipinski definition) is 0. The molecule has 5 rings (SSSR count). The van der Waals surface area contributed by atoms with Gasteiger partial charge in [-0.1, -0.05) is 63.5 Å². The van der Waals surface area contributed by atoms with Crippen LogP contribution in [-0.4, -0.2) is 25.5 Å². The summed E-state index contributed by atoms with van der Waals surface area (Å²) in [6.45, 7) is 5.18. The summed E-state index contributed by atoms with van der Waals surface area (Å²) >= 11 is 0. The van der Waals surface area contributed by atoms with E-state index in [1.54, 1.807) is 0 Å². The van der Waals surface area contributed by atoms with Crippen LogP contribution in [0.1, 0.15) is 108 Å². The Balaban J connectivity index is 1.24. The smallest absolute Gasteiger partial charge is 0.332 e. The van der Waals surface area contributed by atoms with Gasteiger partial charge in [0.2, 0.25) is 6.29 Å². The van der Waals surface area contributed by atoms with Crippen LogP contribution in [0.4, 0.5) is 0 Å².